The van der Waals surface area contributed by atoms with Gasteiger partial charge in [-0.2, -0.15) is 0 Å². The van der Waals surface area contributed by atoms with Gasteiger partial charge < -0.3 is 0 Å². The van der Waals surface area contributed by atoms with Gasteiger partial charge in [0.25, 0.3) is 0 Å². The summed E-state index contributed by atoms with van der Waals surface area (Å²) in [6, 6.07) is 20.4. The van der Waals surface area contributed by atoms with Crippen LogP contribution in [0.25, 0.3) is 39.2 Å². The van der Waals surface area contributed by atoms with Gasteiger partial charge in [0.2, 0.25) is 0 Å². The summed E-state index contributed by atoms with van der Waals surface area (Å²) < 4.78 is 3.15. The quantitative estimate of drug-likeness (QED) is 0.399. The first kappa shape index (κ1) is 15.2. The second-order valence-electron chi connectivity index (χ2n) is 6.00. The van der Waals surface area contributed by atoms with Crippen LogP contribution in [0.1, 0.15) is 0 Å². The highest BCUT2D eigenvalue weighted by Gasteiger charge is 2.17. The van der Waals surface area contributed by atoms with Crippen LogP contribution in [0.2, 0.25) is 0 Å². The number of aromatic nitrogens is 4. The highest BCUT2D eigenvalue weighted by atomic mass is 79.9. The van der Waals surface area contributed by atoms with Gasteiger partial charge in [0.15, 0.2) is 0 Å². The molecule has 5 aromatic rings. The van der Waals surface area contributed by atoms with Gasteiger partial charge in [-0.05, 0) is 48.5 Å². The molecule has 4 heterocycles. The lowest BCUT2D eigenvalue weighted by Gasteiger charge is -2.06. The molecule has 0 spiro atoms. The number of pyridine rings is 3. The molecule has 0 aliphatic carbocycles. The molecular weight excluding hydrogens is 388 g/mol. The zero-order valence-electron chi connectivity index (χ0n) is 13.7. The van der Waals surface area contributed by atoms with Crippen LogP contribution >= 0.6 is 15.9 Å². The van der Waals surface area contributed by atoms with Crippen LogP contribution in [-0.2, 0) is 0 Å². The molecule has 0 saturated heterocycles. The topological polar surface area (TPSA) is 43.1 Å². The lowest BCUT2D eigenvalue weighted by atomic mass is 10.1. The molecule has 0 unspecified atom stereocenters. The maximum Gasteiger partial charge on any atom is 0.146 e. The van der Waals surface area contributed by atoms with E-state index in [0.717, 1.165) is 43.7 Å². The molecule has 124 valence electrons. The summed E-state index contributed by atoms with van der Waals surface area (Å²) in [5.74, 6) is 0.873. The second kappa shape index (κ2) is 6.04. The van der Waals surface area contributed by atoms with Crippen LogP contribution < -0.4 is 0 Å². The maximum atomic E-state index is 5.00. The normalized spacial score (nSPS) is 11.3. The minimum Gasteiger partial charge on any atom is -0.276 e. The average Bonchev–Trinajstić information content (AvgIpc) is 3.09. The van der Waals surface area contributed by atoms with Crippen LogP contribution in [0.4, 0.5) is 0 Å². The van der Waals surface area contributed by atoms with Crippen LogP contribution in [-0.4, -0.2) is 19.4 Å². The summed E-state index contributed by atoms with van der Waals surface area (Å²) in [6.07, 6.45) is 5.40. The zero-order chi connectivity index (χ0) is 17.5. The number of nitrogens with zero attached hydrogens (tertiary/aromatic N) is 4. The Morgan fingerprint density at radius 3 is 2.54 bits per heavy atom. The summed E-state index contributed by atoms with van der Waals surface area (Å²) in [5.41, 5.74) is 4.92. The Balaban J connectivity index is 1.93. The molecule has 0 fully saturated rings. The molecule has 0 amide bonds. The van der Waals surface area contributed by atoms with Crippen LogP contribution in [0.15, 0.2) is 83.7 Å². The van der Waals surface area contributed by atoms with Crippen molar-refractivity contribution >= 4 is 32.5 Å². The number of hydrogen-bond donors (Lipinski definition) is 0. The third kappa shape index (κ3) is 2.40. The number of benzene rings is 1. The molecule has 0 aliphatic heterocycles. The standard InChI is InChI=1S/C21H13BrN4/c22-17-5-1-3-16(13-17)21-25-19(14-8-11-23-12-9-14)18-7-6-15-4-2-10-24-20(15)26(18)21/h1-13H. The summed E-state index contributed by atoms with van der Waals surface area (Å²) >= 11 is 3.56. The Morgan fingerprint density at radius 2 is 1.69 bits per heavy atom. The molecular formula is C21H13BrN4. The Kier molecular flexibility index (Phi) is 3.53. The number of fused-ring (bicyclic) bond motifs is 3. The van der Waals surface area contributed by atoms with E-state index in [4.69, 9.17) is 4.98 Å². The van der Waals surface area contributed by atoms with Crippen molar-refractivity contribution < 1.29 is 0 Å². The SMILES string of the molecule is Brc1cccc(-c2nc(-c3ccncc3)c3ccc4cccnc4n23)c1. The largest absolute Gasteiger partial charge is 0.276 e. The molecule has 0 bridgehead atoms. The Bertz CT molecular complexity index is 1250. The number of halogens is 1. The van der Waals surface area contributed by atoms with E-state index in [1.54, 1.807) is 12.4 Å². The van der Waals surface area contributed by atoms with Crippen molar-refractivity contribution in [1.29, 1.82) is 0 Å². The molecule has 26 heavy (non-hydrogen) atoms. The second-order valence-corrected chi connectivity index (χ2v) is 6.92. The van der Waals surface area contributed by atoms with Gasteiger partial charge in [-0.15, -0.1) is 0 Å². The fraction of sp³-hybridized carbons (Fsp3) is 0. The first-order valence-electron chi connectivity index (χ1n) is 8.24. The first-order chi connectivity index (χ1) is 12.8. The lowest BCUT2D eigenvalue weighted by molar-refractivity contribution is 1.17. The van der Waals surface area contributed by atoms with E-state index in [1.807, 2.05) is 36.5 Å². The minimum absolute atomic E-state index is 0.873. The Labute approximate surface area is 158 Å². The van der Waals surface area contributed by atoms with Gasteiger partial charge in [-0.25, -0.2) is 9.97 Å². The molecule has 5 rings (SSSR count). The predicted octanol–water partition coefficient (Wildman–Crippen LogP) is 5.37. The van der Waals surface area contributed by atoms with Crippen molar-refractivity contribution in [2.45, 2.75) is 0 Å². The first-order valence-corrected chi connectivity index (χ1v) is 9.03. The number of rotatable bonds is 2. The van der Waals surface area contributed by atoms with Gasteiger partial charge in [0.05, 0.1) is 11.2 Å². The van der Waals surface area contributed by atoms with Crippen LogP contribution in [0, 0.1) is 0 Å². The van der Waals surface area contributed by atoms with E-state index in [-0.39, 0.29) is 0 Å². The molecule has 4 aromatic heterocycles. The van der Waals surface area contributed by atoms with Crippen LogP contribution in [0.5, 0.6) is 0 Å². The predicted molar refractivity (Wildman–Crippen MR) is 107 cm³/mol. The van der Waals surface area contributed by atoms with E-state index >= 15 is 0 Å². The summed E-state index contributed by atoms with van der Waals surface area (Å²) in [4.78, 5) is 13.7. The monoisotopic (exact) mass is 400 g/mol. The van der Waals surface area contributed by atoms with Crippen molar-refractivity contribution in [1.82, 2.24) is 19.4 Å². The number of imidazole rings is 1. The molecule has 0 atom stereocenters. The van der Waals surface area contributed by atoms with E-state index < -0.39 is 0 Å². The molecule has 0 N–H and O–H groups in total. The highest BCUT2D eigenvalue weighted by molar-refractivity contribution is 9.10. The van der Waals surface area contributed by atoms with Gasteiger partial charge in [-0.3, -0.25) is 9.38 Å². The molecule has 0 radical (unpaired) electrons. The van der Waals surface area contributed by atoms with Gasteiger partial charge in [0.1, 0.15) is 11.5 Å². The molecule has 0 aliphatic rings. The summed E-state index contributed by atoms with van der Waals surface area (Å²) in [5, 5.41) is 1.08. The van der Waals surface area contributed by atoms with Crippen molar-refractivity contribution in [3.05, 3.63) is 83.7 Å². The third-order valence-electron chi connectivity index (χ3n) is 4.40. The van der Waals surface area contributed by atoms with Crippen LogP contribution in [0.3, 0.4) is 0 Å². The summed E-state index contributed by atoms with van der Waals surface area (Å²) in [7, 11) is 0. The van der Waals surface area contributed by atoms with Crippen molar-refractivity contribution in [3.63, 3.8) is 0 Å². The van der Waals surface area contributed by atoms with E-state index in [9.17, 15) is 0 Å². The number of hydrogen-bond acceptors (Lipinski definition) is 3. The van der Waals surface area contributed by atoms with Gasteiger partial charge >= 0.3 is 0 Å². The molecule has 0 saturated carbocycles. The molecule has 5 heteroatoms. The van der Waals surface area contributed by atoms with E-state index in [1.165, 1.54) is 0 Å². The fourth-order valence-electron chi connectivity index (χ4n) is 3.24. The fourth-order valence-corrected chi connectivity index (χ4v) is 3.64. The van der Waals surface area contributed by atoms with Gasteiger partial charge in [0, 0.05) is 39.6 Å². The zero-order valence-corrected chi connectivity index (χ0v) is 15.3. The van der Waals surface area contributed by atoms with E-state index in [0.29, 0.717) is 0 Å². The van der Waals surface area contributed by atoms with Crippen molar-refractivity contribution in [3.8, 4) is 22.6 Å². The highest BCUT2D eigenvalue weighted by Crippen LogP contribution is 2.32. The third-order valence-corrected chi connectivity index (χ3v) is 4.89. The maximum absolute atomic E-state index is 5.00. The smallest absolute Gasteiger partial charge is 0.146 e. The average molecular weight is 401 g/mol. The van der Waals surface area contributed by atoms with Crippen molar-refractivity contribution in [2.24, 2.45) is 0 Å². The van der Waals surface area contributed by atoms with Gasteiger partial charge in [-0.1, -0.05) is 28.1 Å². The van der Waals surface area contributed by atoms with E-state index in [2.05, 4.69) is 60.6 Å². The minimum atomic E-state index is 0.873. The van der Waals surface area contributed by atoms with Crippen molar-refractivity contribution in [2.75, 3.05) is 0 Å². The Hall–Kier alpha value is -3.05. The molecule has 4 nitrogen and oxygen atoms in total. The summed E-state index contributed by atoms with van der Waals surface area (Å²) in [6.45, 7) is 0. The lowest BCUT2D eigenvalue weighted by Crippen LogP contribution is -1.94. The molecule has 1 aromatic carbocycles. The Morgan fingerprint density at radius 1 is 0.808 bits per heavy atom.